The Bertz CT molecular complexity index is 719. The predicted octanol–water partition coefficient (Wildman–Crippen LogP) is 3.59. The summed E-state index contributed by atoms with van der Waals surface area (Å²) >= 11 is 1.67. The summed E-state index contributed by atoms with van der Waals surface area (Å²) in [5.74, 6) is 0.304. The molecule has 1 amide bonds. The Balaban J connectivity index is 1.56. The number of nitrogens with zero attached hydrogens (tertiary/aromatic N) is 1. The molecule has 0 unspecified atom stereocenters. The number of carbonyl (C=O) groups excluding carboxylic acids is 1. The molecule has 2 fully saturated rings. The molecule has 1 aromatic heterocycles. The van der Waals surface area contributed by atoms with Gasteiger partial charge in [0.05, 0.1) is 17.7 Å². The molecule has 4 rings (SSSR count). The Kier molecular flexibility index (Phi) is 4.77. The predicted molar refractivity (Wildman–Crippen MR) is 101 cm³/mol. The Hall–Kier alpha value is -1.85. The lowest BCUT2D eigenvalue weighted by Gasteiger charge is -2.37. The maximum Gasteiger partial charge on any atom is 0.253 e. The van der Waals surface area contributed by atoms with Crippen LogP contribution in [-0.4, -0.2) is 30.2 Å². The van der Waals surface area contributed by atoms with E-state index in [4.69, 9.17) is 0 Å². The molecule has 0 radical (unpaired) electrons. The van der Waals surface area contributed by atoms with Gasteiger partial charge in [-0.2, -0.15) is 0 Å². The SMILES string of the molecule is O=C(N[C@@H](c1cccs1)C1CC(O)C1)c1ccccc1N1CCCC1. The Labute approximate surface area is 152 Å². The topological polar surface area (TPSA) is 52.6 Å². The number of benzene rings is 1. The number of aliphatic hydroxyl groups excluding tert-OH is 1. The van der Waals surface area contributed by atoms with Gasteiger partial charge in [0, 0.05) is 23.7 Å². The molecule has 4 nitrogen and oxygen atoms in total. The Morgan fingerprint density at radius 2 is 1.92 bits per heavy atom. The van der Waals surface area contributed by atoms with Crippen LogP contribution in [0, 0.1) is 5.92 Å². The fourth-order valence-corrected chi connectivity index (χ4v) is 4.78. The molecular formula is C20H24N2O2S. The molecule has 1 aromatic carbocycles. The molecular weight excluding hydrogens is 332 g/mol. The second-order valence-corrected chi connectivity index (χ2v) is 8.04. The number of thiophene rings is 1. The van der Waals surface area contributed by atoms with Crippen molar-refractivity contribution in [2.75, 3.05) is 18.0 Å². The first-order valence-corrected chi connectivity index (χ1v) is 9.96. The van der Waals surface area contributed by atoms with Crippen LogP contribution in [0.15, 0.2) is 41.8 Å². The van der Waals surface area contributed by atoms with Crippen LogP contribution in [-0.2, 0) is 0 Å². The fraction of sp³-hybridized carbons (Fsp3) is 0.450. The van der Waals surface area contributed by atoms with Crippen LogP contribution in [0.5, 0.6) is 0 Å². The number of carbonyl (C=O) groups is 1. The molecule has 1 aliphatic heterocycles. The first-order valence-electron chi connectivity index (χ1n) is 9.08. The number of rotatable bonds is 5. The molecule has 2 N–H and O–H groups in total. The van der Waals surface area contributed by atoms with Crippen LogP contribution in [0.2, 0.25) is 0 Å². The molecule has 1 aliphatic carbocycles. The maximum absolute atomic E-state index is 13.1. The number of aliphatic hydroxyl groups is 1. The van der Waals surface area contributed by atoms with Gasteiger partial charge < -0.3 is 15.3 Å². The van der Waals surface area contributed by atoms with Crippen LogP contribution in [0.1, 0.15) is 47.0 Å². The smallest absolute Gasteiger partial charge is 0.253 e. The van der Waals surface area contributed by atoms with Crippen LogP contribution < -0.4 is 10.2 Å². The van der Waals surface area contributed by atoms with E-state index in [0.717, 1.165) is 37.2 Å². The van der Waals surface area contributed by atoms with Gasteiger partial charge in [0.25, 0.3) is 5.91 Å². The third-order valence-corrected chi connectivity index (χ3v) is 6.31. The summed E-state index contributed by atoms with van der Waals surface area (Å²) in [5.41, 5.74) is 1.79. The number of hydrogen-bond donors (Lipinski definition) is 2. The van der Waals surface area contributed by atoms with Crippen LogP contribution in [0.3, 0.4) is 0 Å². The largest absolute Gasteiger partial charge is 0.393 e. The van der Waals surface area contributed by atoms with Crippen molar-refractivity contribution < 1.29 is 9.90 Å². The van der Waals surface area contributed by atoms with Gasteiger partial charge in [-0.15, -0.1) is 11.3 Å². The van der Waals surface area contributed by atoms with Crippen molar-refractivity contribution in [3.63, 3.8) is 0 Å². The van der Waals surface area contributed by atoms with Crippen molar-refractivity contribution in [1.29, 1.82) is 0 Å². The normalized spacial score (nSPS) is 24.0. The molecule has 25 heavy (non-hydrogen) atoms. The van der Waals surface area contributed by atoms with Crippen LogP contribution >= 0.6 is 11.3 Å². The zero-order chi connectivity index (χ0) is 17.2. The van der Waals surface area contributed by atoms with Crippen molar-refractivity contribution in [1.82, 2.24) is 5.32 Å². The van der Waals surface area contributed by atoms with Crippen LogP contribution in [0.4, 0.5) is 5.69 Å². The highest BCUT2D eigenvalue weighted by Crippen LogP contribution is 2.40. The molecule has 1 saturated heterocycles. The quantitative estimate of drug-likeness (QED) is 0.861. The number of anilines is 1. The second kappa shape index (κ2) is 7.18. The molecule has 2 heterocycles. The van der Waals surface area contributed by atoms with Gasteiger partial charge in [-0.05, 0) is 55.2 Å². The summed E-state index contributed by atoms with van der Waals surface area (Å²) in [6.07, 6.45) is 3.68. The number of amides is 1. The molecule has 0 bridgehead atoms. The van der Waals surface area contributed by atoms with E-state index in [1.165, 1.54) is 17.7 Å². The van der Waals surface area contributed by atoms with Crippen molar-refractivity contribution in [2.45, 2.75) is 37.8 Å². The second-order valence-electron chi connectivity index (χ2n) is 7.06. The summed E-state index contributed by atoms with van der Waals surface area (Å²) in [4.78, 5) is 16.5. The minimum Gasteiger partial charge on any atom is -0.393 e. The highest BCUT2D eigenvalue weighted by Gasteiger charge is 2.36. The molecule has 2 aromatic rings. The third-order valence-electron chi connectivity index (χ3n) is 5.35. The summed E-state index contributed by atoms with van der Waals surface area (Å²) in [5, 5.41) is 15.0. The lowest BCUT2D eigenvalue weighted by Crippen LogP contribution is -2.41. The summed E-state index contributed by atoms with van der Waals surface area (Å²) in [6.45, 7) is 2.04. The molecule has 132 valence electrons. The van der Waals surface area contributed by atoms with E-state index in [9.17, 15) is 9.90 Å². The average Bonchev–Trinajstić information content (AvgIpc) is 3.30. The standard InChI is InChI=1S/C20H24N2O2S/c23-15-12-14(13-15)19(18-8-5-11-25-18)21-20(24)16-6-1-2-7-17(16)22-9-3-4-10-22/h1-2,5-8,11,14-15,19,23H,3-4,9-10,12-13H2,(H,21,24)/t14?,15?,19-/m1/s1. The van der Waals surface area contributed by atoms with E-state index in [0.29, 0.717) is 5.92 Å². The van der Waals surface area contributed by atoms with Gasteiger partial charge in [0.1, 0.15) is 0 Å². The minimum atomic E-state index is -0.221. The number of nitrogens with one attached hydrogen (secondary N) is 1. The average molecular weight is 356 g/mol. The van der Waals surface area contributed by atoms with E-state index in [-0.39, 0.29) is 18.1 Å². The van der Waals surface area contributed by atoms with E-state index >= 15 is 0 Å². The highest BCUT2D eigenvalue weighted by atomic mass is 32.1. The Morgan fingerprint density at radius 1 is 1.16 bits per heavy atom. The summed E-state index contributed by atoms with van der Waals surface area (Å²) in [6, 6.07) is 12.0. The van der Waals surface area contributed by atoms with Crippen molar-refractivity contribution in [2.24, 2.45) is 5.92 Å². The van der Waals surface area contributed by atoms with E-state index in [1.54, 1.807) is 11.3 Å². The molecule has 1 saturated carbocycles. The fourth-order valence-electron chi connectivity index (χ4n) is 3.91. The third kappa shape index (κ3) is 3.44. The van der Waals surface area contributed by atoms with E-state index < -0.39 is 0 Å². The first kappa shape index (κ1) is 16.6. The summed E-state index contributed by atoms with van der Waals surface area (Å²) < 4.78 is 0. The van der Waals surface area contributed by atoms with Crippen molar-refractivity contribution in [3.05, 3.63) is 52.2 Å². The van der Waals surface area contributed by atoms with Gasteiger partial charge in [0.15, 0.2) is 0 Å². The molecule has 2 aliphatic rings. The van der Waals surface area contributed by atoms with Gasteiger partial charge in [-0.3, -0.25) is 4.79 Å². The van der Waals surface area contributed by atoms with E-state index in [1.807, 2.05) is 35.7 Å². The zero-order valence-corrected chi connectivity index (χ0v) is 15.0. The molecule has 0 spiro atoms. The highest BCUT2D eigenvalue weighted by molar-refractivity contribution is 7.10. The Morgan fingerprint density at radius 3 is 2.60 bits per heavy atom. The van der Waals surface area contributed by atoms with Gasteiger partial charge in [-0.1, -0.05) is 18.2 Å². The number of para-hydroxylation sites is 1. The summed E-state index contributed by atoms with van der Waals surface area (Å²) in [7, 11) is 0. The lowest BCUT2D eigenvalue weighted by atomic mass is 9.76. The molecule has 1 atom stereocenters. The minimum absolute atomic E-state index is 0.0115. The number of hydrogen-bond acceptors (Lipinski definition) is 4. The first-order chi connectivity index (χ1) is 12.2. The van der Waals surface area contributed by atoms with Crippen molar-refractivity contribution in [3.8, 4) is 0 Å². The van der Waals surface area contributed by atoms with Crippen molar-refractivity contribution >= 4 is 22.9 Å². The lowest BCUT2D eigenvalue weighted by molar-refractivity contribution is 0.0241. The molecule has 5 heteroatoms. The van der Waals surface area contributed by atoms with E-state index in [2.05, 4.69) is 16.3 Å². The van der Waals surface area contributed by atoms with Gasteiger partial charge in [-0.25, -0.2) is 0 Å². The van der Waals surface area contributed by atoms with Crippen LogP contribution in [0.25, 0.3) is 0 Å². The zero-order valence-electron chi connectivity index (χ0n) is 14.2. The maximum atomic E-state index is 13.1. The van der Waals surface area contributed by atoms with Gasteiger partial charge in [0.2, 0.25) is 0 Å². The van der Waals surface area contributed by atoms with Gasteiger partial charge >= 0.3 is 0 Å². The monoisotopic (exact) mass is 356 g/mol.